The molecule has 0 unspecified atom stereocenters. The fraction of sp³-hybridized carbons (Fsp3) is 0.400. The van der Waals surface area contributed by atoms with Crippen LogP contribution >= 0.6 is 35.0 Å². The molecule has 0 bridgehead atoms. The molecule has 122 valence electrons. The lowest BCUT2D eigenvalue weighted by Gasteiger charge is -2.09. The SMILES string of the molecule is CC(C)c1nc(CCN=[N+]=[N-])n(C)c1Sc1cc(Cl)cc(Cl)c1. The summed E-state index contributed by atoms with van der Waals surface area (Å²) in [6.45, 7) is 4.61. The first-order chi connectivity index (χ1) is 10.9. The zero-order valence-corrected chi connectivity index (χ0v) is 15.5. The van der Waals surface area contributed by atoms with E-state index in [1.54, 1.807) is 17.8 Å². The lowest BCUT2D eigenvalue weighted by atomic mass is 10.1. The minimum Gasteiger partial charge on any atom is -0.326 e. The second kappa shape index (κ2) is 7.97. The highest BCUT2D eigenvalue weighted by molar-refractivity contribution is 7.99. The summed E-state index contributed by atoms with van der Waals surface area (Å²) in [5.74, 6) is 1.18. The number of rotatable bonds is 6. The highest BCUT2D eigenvalue weighted by Crippen LogP contribution is 2.36. The van der Waals surface area contributed by atoms with Gasteiger partial charge in [-0.2, -0.15) is 0 Å². The van der Waals surface area contributed by atoms with Gasteiger partial charge in [0.25, 0.3) is 0 Å². The first-order valence-corrected chi connectivity index (χ1v) is 8.70. The number of aromatic nitrogens is 2. The van der Waals surface area contributed by atoms with Crippen molar-refractivity contribution in [2.75, 3.05) is 6.54 Å². The molecule has 0 aliphatic rings. The van der Waals surface area contributed by atoms with Gasteiger partial charge in [-0.1, -0.05) is 53.9 Å². The molecule has 1 aromatic heterocycles. The Kier molecular flexibility index (Phi) is 6.25. The van der Waals surface area contributed by atoms with Gasteiger partial charge in [0.2, 0.25) is 0 Å². The molecule has 0 aliphatic carbocycles. The Hall–Kier alpha value is -1.33. The van der Waals surface area contributed by atoms with Crippen LogP contribution in [-0.2, 0) is 13.5 Å². The monoisotopic (exact) mass is 369 g/mol. The van der Waals surface area contributed by atoms with Gasteiger partial charge in [-0.15, -0.1) is 0 Å². The number of hydrogen-bond acceptors (Lipinski definition) is 3. The summed E-state index contributed by atoms with van der Waals surface area (Å²) >= 11 is 13.7. The third-order valence-corrected chi connectivity index (χ3v) is 4.84. The molecule has 0 amide bonds. The van der Waals surface area contributed by atoms with Crippen molar-refractivity contribution in [1.29, 1.82) is 0 Å². The minimum atomic E-state index is 0.284. The summed E-state index contributed by atoms with van der Waals surface area (Å²) in [4.78, 5) is 8.47. The van der Waals surface area contributed by atoms with Crippen molar-refractivity contribution < 1.29 is 0 Å². The predicted molar refractivity (Wildman–Crippen MR) is 95.6 cm³/mol. The molecule has 23 heavy (non-hydrogen) atoms. The first-order valence-electron chi connectivity index (χ1n) is 7.12. The van der Waals surface area contributed by atoms with Gasteiger partial charge >= 0.3 is 0 Å². The molecule has 2 aromatic rings. The lowest BCUT2D eigenvalue weighted by Crippen LogP contribution is -2.00. The zero-order chi connectivity index (χ0) is 17.0. The molecule has 0 saturated heterocycles. The summed E-state index contributed by atoms with van der Waals surface area (Å²) in [5, 5.41) is 5.85. The molecule has 1 aromatic carbocycles. The number of benzene rings is 1. The summed E-state index contributed by atoms with van der Waals surface area (Å²) in [7, 11) is 1.97. The number of imidazole rings is 1. The van der Waals surface area contributed by atoms with E-state index in [-0.39, 0.29) is 5.92 Å². The van der Waals surface area contributed by atoms with E-state index in [0.717, 1.165) is 21.4 Å². The Morgan fingerprint density at radius 1 is 1.30 bits per heavy atom. The van der Waals surface area contributed by atoms with Crippen molar-refractivity contribution in [2.24, 2.45) is 12.2 Å². The van der Waals surface area contributed by atoms with Gasteiger partial charge in [0.15, 0.2) is 0 Å². The van der Waals surface area contributed by atoms with E-state index in [1.807, 2.05) is 23.7 Å². The van der Waals surface area contributed by atoms with Crippen LogP contribution in [0.3, 0.4) is 0 Å². The number of azide groups is 1. The number of nitrogens with zero attached hydrogens (tertiary/aromatic N) is 5. The van der Waals surface area contributed by atoms with Crippen LogP contribution in [-0.4, -0.2) is 16.1 Å². The van der Waals surface area contributed by atoms with Crippen LogP contribution < -0.4 is 0 Å². The quantitative estimate of drug-likeness (QED) is 0.363. The van der Waals surface area contributed by atoms with Crippen molar-refractivity contribution in [1.82, 2.24) is 9.55 Å². The Morgan fingerprint density at radius 2 is 1.96 bits per heavy atom. The Morgan fingerprint density at radius 3 is 2.52 bits per heavy atom. The highest BCUT2D eigenvalue weighted by Gasteiger charge is 2.18. The molecule has 0 radical (unpaired) electrons. The number of halogens is 2. The second-order valence-electron chi connectivity index (χ2n) is 5.34. The summed E-state index contributed by atoms with van der Waals surface area (Å²) < 4.78 is 2.04. The van der Waals surface area contributed by atoms with Gasteiger partial charge in [0.1, 0.15) is 10.9 Å². The van der Waals surface area contributed by atoms with Crippen molar-refractivity contribution in [3.05, 3.63) is 50.2 Å². The summed E-state index contributed by atoms with van der Waals surface area (Å²) in [6, 6.07) is 5.48. The molecule has 0 aliphatic heterocycles. The van der Waals surface area contributed by atoms with Gasteiger partial charge in [-0.05, 0) is 29.6 Å². The average molecular weight is 370 g/mol. The van der Waals surface area contributed by atoms with Gasteiger partial charge in [-0.3, -0.25) is 0 Å². The Bertz CT molecular complexity index is 730. The van der Waals surface area contributed by atoms with Crippen LogP contribution in [0.1, 0.15) is 31.3 Å². The van der Waals surface area contributed by atoms with Gasteiger partial charge in [0.05, 0.1) is 5.69 Å². The topological polar surface area (TPSA) is 66.6 Å². The van der Waals surface area contributed by atoms with E-state index < -0.39 is 0 Å². The normalized spacial score (nSPS) is 10.9. The zero-order valence-electron chi connectivity index (χ0n) is 13.1. The lowest BCUT2D eigenvalue weighted by molar-refractivity contribution is 0.725. The molecule has 8 heteroatoms. The van der Waals surface area contributed by atoms with Crippen molar-refractivity contribution in [3.8, 4) is 0 Å². The highest BCUT2D eigenvalue weighted by atomic mass is 35.5. The molecular formula is C15H17Cl2N5S. The third-order valence-electron chi connectivity index (χ3n) is 3.26. The van der Waals surface area contributed by atoms with E-state index in [0.29, 0.717) is 23.0 Å². The molecule has 0 N–H and O–H groups in total. The maximum atomic E-state index is 8.41. The molecule has 5 nitrogen and oxygen atoms in total. The maximum Gasteiger partial charge on any atom is 0.109 e. The smallest absolute Gasteiger partial charge is 0.109 e. The fourth-order valence-corrected chi connectivity index (χ4v) is 4.04. The van der Waals surface area contributed by atoms with Crippen molar-refractivity contribution in [3.63, 3.8) is 0 Å². The van der Waals surface area contributed by atoms with Gasteiger partial charge < -0.3 is 4.57 Å². The fourth-order valence-electron chi connectivity index (χ4n) is 2.17. The molecule has 0 saturated carbocycles. The molecule has 1 heterocycles. The van der Waals surface area contributed by atoms with E-state index in [2.05, 4.69) is 23.9 Å². The Labute approximate surface area is 149 Å². The molecule has 0 spiro atoms. The third kappa shape index (κ3) is 4.58. The maximum absolute atomic E-state index is 8.41. The van der Waals surface area contributed by atoms with Crippen LogP contribution in [0.25, 0.3) is 10.4 Å². The molecule has 0 atom stereocenters. The predicted octanol–water partition coefficient (Wildman–Crippen LogP) is 5.85. The molecule has 2 rings (SSSR count). The first kappa shape index (κ1) is 18.0. The van der Waals surface area contributed by atoms with Crippen LogP contribution in [0.5, 0.6) is 0 Å². The minimum absolute atomic E-state index is 0.284. The second-order valence-corrected chi connectivity index (χ2v) is 7.28. The van der Waals surface area contributed by atoms with Crippen LogP contribution in [0.4, 0.5) is 0 Å². The van der Waals surface area contributed by atoms with Crippen molar-refractivity contribution >= 4 is 35.0 Å². The molecular weight excluding hydrogens is 353 g/mol. The van der Waals surface area contributed by atoms with Crippen LogP contribution in [0, 0.1) is 0 Å². The van der Waals surface area contributed by atoms with E-state index in [4.69, 9.17) is 33.7 Å². The van der Waals surface area contributed by atoms with Gasteiger partial charge in [0, 0.05) is 39.9 Å². The van der Waals surface area contributed by atoms with E-state index in [1.165, 1.54) is 0 Å². The summed E-state index contributed by atoms with van der Waals surface area (Å²) in [5.41, 5.74) is 9.43. The standard InChI is InChI=1S/C15H17Cl2N5S/c1-9(2)14-15(22(3)13(20-14)4-5-19-21-18)23-12-7-10(16)6-11(17)8-12/h6-9H,4-5H2,1-3H3. The van der Waals surface area contributed by atoms with E-state index in [9.17, 15) is 0 Å². The van der Waals surface area contributed by atoms with Gasteiger partial charge in [-0.25, -0.2) is 4.98 Å². The summed E-state index contributed by atoms with van der Waals surface area (Å²) in [6.07, 6.45) is 0.608. The van der Waals surface area contributed by atoms with Crippen molar-refractivity contribution in [2.45, 2.75) is 36.1 Å². The van der Waals surface area contributed by atoms with Crippen LogP contribution in [0.15, 0.2) is 33.2 Å². The Balaban J connectivity index is 2.37. The molecule has 0 fully saturated rings. The number of hydrogen-bond donors (Lipinski definition) is 0. The van der Waals surface area contributed by atoms with E-state index >= 15 is 0 Å². The largest absolute Gasteiger partial charge is 0.326 e. The average Bonchev–Trinajstić information content (AvgIpc) is 2.76. The van der Waals surface area contributed by atoms with Crippen LogP contribution in [0.2, 0.25) is 10.0 Å².